The third-order valence-corrected chi connectivity index (χ3v) is 10.6. The zero-order valence-corrected chi connectivity index (χ0v) is 32.1. The van der Waals surface area contributed by atoms with Crippen LogP contribution in [0.15, 0.2) is 146 Å². The molecule has 6 rings (SSSR count). The monoisotopic (exact) mass is 866 g/mol. The van der Waals surface area contributed by atoms with E-state index in [1.54, 1.807) is 0 Å². The predicted octanol–water partition coefficient (Wildman–Crippen LogP) is 9.96. The molecule has 0 amide bonds. The van der Waals surface area contributed by atoms with Gasteiger partial charge in [0.15, 0.2) is 0 Å². The van der Waals surface area contributed by atoms with E-state index in [9.17, 15) is 60.7 Å². The number of nitrogens with zero attached hydrogens (tertiary/aromatic N) is 6. The van der Waals surface area contributed by atoms with E-state index in [0.717, 1.165) is 72.8 Å². The van der Waals surface area contributed by atoms with Gasteiger partial charge < -0.3 is 0 Å². The number of benzene rings is 6. The fourth-order valence-electron chi connectivity index (χ4n) is 6.03. The first-order valence-electron chi connectivity index (χ1n) is 17.6. The van der Waals surface area contributed by atoms with Crippen molar-refractivity contribution in [3.63, 3.8) is 0 Å². The molecule has 0 spiro atoms. The Hall–Kier alpha value is -8.17. The summed E-state index contributed by atoms with van der Waals surface area (Å²) in [5.41, 5.74) is -1.58. The Balaban J connectivity index is 1.57. The fraction of sp³-hybridized carbons (Fsp3) is 0.0769. The first-order valence-corrected chi connectivity index (χ1v) is 19.1. The number of non-ortho nitro benzene ring substituents is 6. The highest BCUT2D eigenvalue weighted by molar-refractivity contribution is 7.48. The number of hydrogen-bond acceptors (Lipinski definition) is 16. The van der Waals surface area contributed by atoms with Crippen molar-refractivity contribution in [2.75, 3.05) is 0 Å². The van der Waals surface area contributed by atoms with Crippen molar-refractivity contribution in [3.05, 3.63) is 240 Å². The molecule has 6 aromatic rings. The van der Waals surface area contributed by atoms with E-state index in [4.69, 9.17) is 13.6 Å². The lowest BCUT2D eigenvalue weighted by atomic mass is 10.0. The highest BCUT2D eigenvalue weighted by atomic mass is 31.2. The molecule has 0 fully saturated rings. The van der Waals surface area contributed by atoms with Gasteiger partial charge >= 0.3 is 7.82 Å². The van der Waals surface area contributed by atoms with Crippen LogP contribution in [0.3, 0.4) is 0 Å². The third kappa shape index (κ3) is 10.2. The summed E-state index contributed by atoms with van der Waals surface area (Å²) < 4.78 is 34.9. The van der Waals surface area contributed by atoms with Crippen LogP contribution in [-0.4, -0.2) is 29.5 Å². The van der Waals surface area contributed by atoms with Gasteiger partial charge in [-0.3, -0.25) is 74.3 Å². The quantitative estimate of drug-likeness (QED) is 0.0440. The largest absolute Gasteiger partial charge is 0.477 e. The first-order chi connectivity index (χ1) is 29.5. The van der Waals surface area contributed by atoms with E-state index in [1.165, 1.54) is 72.8 Å². The zero-order chi connectivity index (χ0) is 44.7. The van der Waals surface area contributed by atoms with Gasteiger partial charge in [-0.15, -0.1) is 0 Å². The molecule has 0 saturated carbocycles. The summed E-state index contributed by atoms with van der Waals surface area (Å²) in [7, 11) is -5.37. The Kier molecular flexibility index (Phi) is 12.9. The molecule has 0 atom stereocenters. The van der Waals surface area contributed by atoms with Crippen molar-refractivity contribution in [2.24, 2.45) is 0 Å². The number of nitro benzene ring substituents is 6. The Morgan fingerprint density at radius 3 is 0.532 bits per heavy atom. The van der Waals surface area contributed by atoms with Gasteiger partial charge in [0.1, 0.15) is 18.3 Å². The lowest BCUT2D eigenvalue weighted by molar-refractivity contribution is -0.385. The van der Waals surface area contributed by atoms with E-state index in [2.05, 4.69) is 0 Å². The van der Waals surface area contributed by atoms with Gasteiger partial charge in [0.05, 0.1) is 29.5 Å². The molecule has 22 nitrogen and oxygen atoms in total. The second kappa shape index (κ2) is 18.4. The van der Waals surface area contributed by atoms with Crippen LogP contribution < -0.4 is 0 Å². The van der Waals surface area contributed by atoms with E-state index in [-0.39, 0.29) is 67.5 Å². The average molecular weight is 867 g/mol. The minimum absolute atomic E-state index is 0.0846. The van der Waals surface area contributed by atoms with Crippen LogP contribution in [0, 0.1) is 60.7 Å². The Labute approximate surface area is 347 Å². The standard InChI is InChI=1S/C39H27N6O16P/c46-40(47)31-13-1-25(2-14-31)37(26-3-15-32(16-4-26)41(48)49)59-62(58,60-38(27-5-17-33(18-6-27)42(50)51)28-7-19-34(20-8-28)43(52)53)61-39(29-9-21-35(22-10-29)44(54)55)30-11-23-36(24-12-30)45(56)57/h1-24,37-39H. The summed E-state index contributed by atoms with van der Waals surface area (Å²) in [6, 6.07) is 28.3. The van der Waals surface area contributed by atoms with E-state index in [1.807, 2.05) is 0 Å². The SMILES string of the molecule is O=[N+]([O-])c1ccc(C(OP(=O)(OC(c2ccc([N+](=O)[O-])cc2)c2ccc([N+](=O)[O-])cc2)OC(c2ccc([N+](=O)[O-])cc2)c2ccc([N+](=O)[O-])cc2)c2ccc([N+](=O)[O-])cc2)cc1. The lowest BCUT2D eigenvalue weighted by Gasteiger charge is -2.31. The topological polar surface area (TPSA) is 304 Å². The van der Waals surface area contributed by atoms with Gasteiger partial charge in [0, 0.05) is 72.8 Å². The molecule has 0 aliphatic heterocycles. The van der Waals surface area contributed by atoms with Gasteiger partial charge in [-0.2, -0.15) is 0 Å². The summed E-state index contributed by atoms with van der Waals surface area (Å²) in [5.74, 6) is 0. The molecule has 23 heteroatoms. The molecule has 62 heavy (non-hydrogen) atoms. The van der Waals surface area contributed by atoms with Crippen LogP contribution in [0.4, 0.5) is 34.1 Å². The van der Waals surface area contributed by atoms with Gasteiger partial charge in [-0.05, 0) is 106 Å². The number of hydrogen-bond donors (Lipinski definition) is 0. The second-order valence-corrected chi connectivity index (χ2v) is 14.5. The van der Waals surface area contributed by atoms with Crippen LogP contribution in [0.25, 0.3) is 0 Å². The molecule has 0 aliphatic rings. The van der Waals surface area contributed by atoms with Crippen molar-refractivity contribution in [1.29, 1.82) is 0 Å². The molecule has 0 N–H and O–H groups in total. The minimum Gasteiger partial charge on any atom is -0.274 e. The van der Waals surface area contributed by atoms with Crippen LogP contribution >= 0.6 is 7.82 Å². The van der Waals surface area contributed by atoms with E-state index >= 15 is 4.57 Å². The van der Waals surface area contributed by atoms with Crippen LogP contribution in [0.1, 0.15) is 51.7 Å². The molecule has 0 aromatic heterocycles. The Bertz CT molecular complexity index is 2230. The maximum atomic E-state index is 15.8. The normalized spacial score (nSPS) is 11.4. The summed E-state index contributed by atoms with van der Waals surface area (Å²) in [6.45, 7) is 0. The van der Waals surface area contributed by atoms with Gasteiger partial charge in [-0.1, -0.05) is 0 Å². The Morgan fingerprint density at radius 2 is 0.419 bits per heavy atom. The molecule has 0 saturated heterocycles. The first kappa shape index (κ1) is 43.4. The number of phosphoric ester groups is 1. The van der Waals surface area contributed by atoms with Crippen LogP contribution in [0.5, 0.6) is 0 Å². The van der Waals surface area contributed by atoms with Crippen LogP contribution in [0.2, 0.25) is 0 Å². The van der Waals surface area contributed by atoms with Gasteiger partial charge in [0.25, 0.3) is 34.1 Å². The van der Waals surface area contributed by atoms with Crippen molar-refractivity contribution >= 4 is 41.9 Å². The number of rotatable bonds is 18. The number of phosphoric acid groups is 1. The summed E-state index contributed by atoms with van der Waals surface area (Å²) >= 11 is 0. The molecule has 0 aliphatic carbocycles. The molecule has 0 unspecified atom stereocenters. The molecular weight excluding hydrogens is 839 g/mol. The average Bonchev–Trinajstić information content (AvgIpc) is 3.27. The molecule has 0 bridgehead atoms. The molecule has 0 heterocycles. The van der Waals surface area contributed by atoms with E-state index < -0.39 is 55.7 Å². The van der Waals surface area contributed by atoms with Crippen molar-refractivity contribution in [2.45, 2.75) is 18.3 Å². The van der Waals surface area contributed by atoms with Crippen molar-refractivity contribution in [1.82, 2.24) is 0 Å². The lowest BCUT2D eigenvalue weighted by Crippen LogP contribution is -2.15. The smallest absolute Gasteiger partial charge is 0.274 e. The summed E-state index contributed by atoms with van der Waals surface area (Å²) in [5, 5.41) is 69.4. The maximum absolute atomic E-state index is 15.8. The number of nitro groups is 6. The summed E-state index contributed by atoms with van der Waals surface area (Å²) in [4.78, 5) is 65.4. The molecule has 0 radical (unpaired) electrons. The maximum Gasteiger partial charge on any atom is 0.477 e. The Morgan fingerprint density at radius 1 is 0.290 bits per heavy atom. The fourth-order valence-corrected chi connectivity index (χ4v) is 7.68. The molecule has 6 aromatic carbocycles. The zero-order valence-electron chi connectivity index (χ0n) is 31.3. The van der Waals surface area contributed by atoms with Crippen LogP contribution in [-0.2, 0) is 18.1 Å². The molecule has 314 valence electrons. The predicted molar refractivity (Wildman–Crippen MR) is 215 cm³/mol. The van der Waals surface area contributed by atoms with Gasteiger partial charge in [0.2, 0.25) is 0 Å². The van der Waals surface area contributed by atoms with Gasteiger partial charge in [-0.25, -0.2) is 4.57 Å². The van der Waals surface area contributed by atoms with Crippen molar-refractivity contribution < 1.29 is 47.7 Å². The molecular formula is C39H27N6O16P. The minimum atomic E-state index is -5.37. The summed E-state index contributed by atoms with van der Waals surface area (Å²) in [6.07, 6.45) is -4.73. The second-order valence-electron chi connectivity index (χ2n) is 13.0. The van der Waals surface area contributed by atoms with Crippen molar-refractivity contribution in [3.8, 4) is 0 Å². The highest BCUT2D eigenvalue weighted by Crippen LogP contribution is 2.61. The third-order valence-electron chi connectivity index (χ3n) is 9.14. The van der Waals surface area contributed by atoms with E-state index in [0.29, 0.717) is 0 Å². The highest BCUT2D eigenvalue weighted by Gasteiger charge is 2.41.